The number of hydrogen-bond donors (Lipinski definition) is 0. The van der Waals surface area contributed by atoms with Crippen LogP contribution < -0.4 is 18.9 Å². The van der Waals surface area contributed by atoms with Crippen molar-refractivity contribution in [2.45, 2.75) is 6.42 Å². The molecule has 1 aromatic heterocycles. The summed E-state index contributed by atoms with van der Waals surface area (Å²) in [6, 6.07) is 9.94. The zero-order valence-corrected chi connectivity index (χ0v) is 13.5. The third kappa shape index (κ3) is 2.48. The SMILES string of the molecule is COc1ccc(Cc2cncc3cc4c(cc23)OCO4)cc1OC. The molecule has 0 fully saturated rings. The smallest absolute Gasteiger partial charge is 0.231 e. The van der Waals surface area contributed by atoms with E-state index in [2.05, 4.69) is 4.98 Å². The van der Waals surface area contributed by atoms with Crippen LogP contribution in [0.15, 0.2) is 42.7 Å². The molecule has 0 spiro atoms. The largest absolute Gasteiger partial charge is 0.493 e. The molecule has 0 atom stereocenters. The summed E-state index contributed by atoms with van der Waals surface area (Å²) in [6.45, 7) is 0.268. The molecule has 3 aromatic rings. The first kappa shape index (κ1) is 14.6. The normalized spacial score (nSPS) is 12.4. The van der Waals surface area contributed by atoms with Crippen LogP contribution in [-0.4, -0.2) is 26.0 Å². The van der Waals surface area contributed by atoms with Crippen molar-refractivity contribution in [1.82, 2.24) is 4.98 Å². The van der Waals surface area contributed by atoms with Crippen molar-refractivity contribution in [1.29, 1.82) is 0 Å². The maximum atomic E-state index is 5.50. The molecule has 0 radical (unpaired) electrons. The van der Waals surface area contributed by atoms with Crippen LogP contribution in [0.5, 0.6) is 23.0 Å². The Balaban J connectivity index is 1.74. The fourth-order valence-corrected chi connectivity index (χ4v) is 2.97. The van der Waals surface area contributed by atoms with E-state index in [1.165, 1.54) is 0 Å². The van der Waals surface area contributed by atoms with Gasteiger partial charge in [0, 0.05) is 17.8 Å². The number of pyridine rings is 1. The van der Waals surface area contributed by atoms with Crippen LogP contribution in [0.2, 0.25) is 0 Å². The van der Waals surface area contributed by atoms with Gasteiger partial charge in [-0.2, -0.15) is 0 Å². The molecule has 5 nitrogen and oxygen atoms in total. The lowest BCUT2D eigenvalue weighted by atomic mass is 10.00. The molecule has 1 aliphatic heterocycles. The van der Waals surface area contributed by atoms with Gasteiger partial charge in [-0.3, -0.25) is 4.98 Å². The molecule has 122 valence electrons. The minimum Gasteiger partial charge on any atom is -0.493 e. The Morgan fingerprint density at radius 3 is 2.54 bits per heavy atom. The summed E-state index contributed by atoms with van der Waals surface area (Å²) in [6.07, 6.45) is 4.47. The van der Waals surface area contributed by atoms with Crippen molar-refractivity contribution >= 4 is 10.8 Å². The molecular weight excluding hydrogens is 306 g/mol. The van der Waals surface area contributed by atoms with Gasteiger partial charge in [-0.05, 0) is 47.2 Å². The number of rotatable bonds is 4. The van der Waals surface area contributed by atoms with Gasteiger partial charge < -0.3 is 18.9 Å². The summed E-state index contributed by atoms with van der Waals surface area (Å²) in [5.41, 5.74) is 2.25. The second-order valence-corrected chi connectivity index (χ2v) is 5.59. The van der Waals surface area contributed by atoms with Gasteiger partial charge >= 0.3 is 0 Å². The molecule has 0 unspecified atom stereocenters. The lowest BCUT2D eigenvalue weighted by molar-refractivity contribution is 0.174. The van der Waals surface area contributed by atoms with Gasteiger partial charge in [0.15, 0.2) is 23.0 Å². The minimum absolute atomic E-state index is 0.268. The van der Waals surface area contributed by atoms with E-state index in [0.717, 1.165) is 51.3 Å². The monoisotopic (exact) mass is 323 g/mol. The number of methoxy groups -OCH3 is 2. The highest BCUT2D eigenvalue weighted by atomic mass is 16.7. The topological polar surface area (TPSA) is 49.8 Å². The van der Waals surface area contributed by atoms with E-state index in [0.29, 0.717) is 0 Å². The second-order valence-electron chi connectivity index (χ2n) is 5.59. The summed E-state index contributed by atoms with van der Waals surface area (Å²) in [4.78, 5) is 4.36. The first-order chi connectivity index (χ1) is 11.8. The standard InChI is InChI=1S/C19H17NO4/c1-21-16-4-3-12(6-17(16)22-2)5-13-9-20-10-14-7-18-19(8-15(13)14)24-11-23-18/h3-4,6-10H,5,11H2,1-2H3. The zero-order chi connectivity index (χ0) is 16.5. The molecule has 0 N–H and O–H groups in total. The Morgan fingerprint density at radius 1 is 0.958 bits per heavy atom. The van der Waals surface area contributed by atoms with Gasteiger partial charge in [0.1, 0.15) is 0 Å². The summed E-state index contributed by atoms with van der Waals surface area (Å²) >= 11 is 0. The molecule has 2 aromatic carbocycles. The van der Waals surface area contributed by atoms with Gasteiger partial charge in [0.05, 0.1) is 14.2 Å². The van der Waals surface area contributed by atoms with Crippen molar-refractivity contribution in [3.05, 3.63) is 53.9 Å². The molecular formula is C19H17NO4. The highest BCUT2D eigenvalue weighted by molar-refractivity contribution is 5.88. The van der Waals surface area contributed by atoms with Crippen molar-refractivity contribution in [2.75, 3.05) is 21.0 Å². The van der Waals surface area contributed by atoms with E-state index in [-0.39, 0.29) is 6.79 Å². The molecule has 0 saturated carbocycles. The maximum absolute atomic E-state index is 5.50. The minimum atomic E-state index is 0.268. The molecule has 5 heteroatoms. The fraction of sp³-hybridized carbons (Fsp3) is 0.211. The van der Waals surface area contributed by atoms with E-state index < -0.39 is 0 Å². The molecule has 4 rings (SSSR count). The number of nitrogens with zero attached hydrogens (tertiary/aromatic N) is 1. The zero-order valence-electron chi connectivity index (χ0n) is 13.5. The predicted octanol–water partition coefficient (Wildman–Crippen LogP) is 3.57. The van der Waals surface area contributed by atoms with Crippen molar-refractivity contribution in [3.8, 4) is 23.0 Å². The van der Waals surface area contributed by atoms with Crippen LogP contribution in [-0.2, 0) is 6.42 Å². The first-order valence-electron chi connectivity index (χ1n) is 7.65. The van der Waals surface area contributed by atoms with E-state index >= 15 is 0 Å². The first-order valence-corrected chi connectivity index (χ1v) is 7.65. The predicted molar refractivity (Wildman–Crippen MR) is 90.2 cm³/mol. The lowest BCUT2D eigenvalue weighted by Gasteiger charge is -2.11. The molecule has 2 heterocycles. The van der Waals surface area contributed by atoms with E-state index in [9.17, 15) is 0 Å². The summed E-state index contributed by atoms with van der Waals surface area (Å²) in [7, 11) is 3.27. The van der Waals surface area contributed by atoms with E-state index in [1.807, 2.05) is 42.7 Å². The van der Waals surface area contributed by atoms with E-state index in [1.54, 1.807) is 14.2 Å². The molecule has 1 aliphatic rings. The third-order valence-electron chi connectivity index (χ3n) is 4.18. The quantitative estimate of drug-likeness (QED) is 0.734. The van der Waals surface area contributed by atoms with Crippen LogP contribution in [0.4, 0.5) is 0 Å². The Bertz CT molecular complexity index is 907. The average molecular weight is 323 g/mol. The van der Waals surface area contributed by atoms with Crippen LogP contribution in [0.1, 0.15) is 11.1 Å². The highest BCUT2D eigenvalue weighted by Gasteiger charge is 2.16. The Morgan fingerprint density at radius 2 is 1.75 bits per heavy atom. The third-order valence-corrected chi connectivity index (χ3v) is 4.18. The van der Waals surface area contributed by atoms with Crippen LogP contribution in [0, 0.1) is 0 Å². The molecule has 0 aliphatic carbocycles. The summed E-state index contributed by atoms with van der Waals surface area (Å²) in [5, 5.41) is 2.15. The van der Waals surface area contributed by atoms with Gasteiger partial charge in [0.25, 0.3) is 0 Å². The highest BCUT2D eigenvalue weighted by Crippen LogP contribution is 2.37. The van der Waals surface area contributed by atoms with Crippen LogP contribution in [0.25, 0.3) is 10.8 Å². The van der Waals surface area contributed by atoms with Crippen LogP contribution in [0.3, 0.4) is 0 Å². The van der Waals surface area contributed by atoms with Crippen LogP contribution >= 0.6 is 0 Å². The number of ether oxygens (including phenoxy) is 4. The fourth-order valence-electron chi connectivity index (χ4n) is 2.97. The Hall–Kier alpha value is -2.95. The summed E-state index contributed by atoms with van der Waals surface area (Å²) in [5.74, 6) is 3.00. The lowest BCUT2D eigenvalue weighted by Crippen LogP contribution is -1.95. The maximum Gasteiger partial charge on any atom is 0.231 e. The molecule has 0 saturated heterocycles. The van der Waals surface area contributed by atoms with Gasteiger partial charge in [-0.25, -0.2) is 0 Å². The number of benzene rings is 2. The number of hydrogen-bond acceptors (Lipinski definition) is 5. The average Bonchev–Trinajstić information content (AvgIpc) is 3.07. The van der Waals surface area contributed by atoms with Crippen molar-refractivity contribution in [2.24, 2.45) is 0 Å². The Kier molecular flexibility index (Phi) is 3.61. The number of aromatic nitrogens is 1. The van der Waals surface area contributed by atoms with Crippen molar-refractivity contribution in [3.63, 3.8) is 0 Å². The molecule has 0 amide bonds. The van der Waals surface area contributed by atoms with Crippen molar-refractivity contribution < 1.29 is 18.9 Å². The second kappa shape index (κ2) is 5.92. The molecule has 0 bridgehead atoms. The summed E-state index contributed by atoms with van der Waals surface area (Å²) < 4.78 is 21.6. The van der Waals surface area contributed by atoms with Gasteiger partial charge in [-0.15, -0.1) is 0 Å². The van der Waals surface area contributed by atoms with Gasteiger partial charge in [-0.1, -0.05) is 6.07 Å². The Labute approximate surface area is 139 Å². The van der Waals surface area contributed by atoms with Gasteiger partial charge in [0.2, 0.25) is 6.79 Å². The van der Waals surface area contributed by atoms with E-state index in [4.69, 9.17) is 18.9 Å². The molecule has 24 heavy (non-hydrogen) atoms. The number of fused-ring (bicyclic) bond motifs is 2.